The van der Waals surface area contributed by atoms with Gasteiger partial charge in [-0.3, -0.25) is 14.6 Å². The quantitative estimate of drug-likeness (QED) is 0.203. The fourth-order valence-electron chi connectivity index (χ4n) is 4.50. The summed E-state index contributed by atoms with van der Waals surface area (Å²) in [5, 5.41) is 13.6. The molecule has 12 heteroatoms. The van der Waals surface area contributed by atoms with Crippen LogP contribution in [0.1, 0.15) is 28.6 Å². The van der Waals surface area contributed by atoms with Gasteiger partial charge in [0.25, 0.3) is 5.91 Å². The van der Waals surface area contributed by atoms with Gasteiger partial charge in [0.1, 0.15) is 6.04 Å². The Bertz CT molecular complexity index is 1580. The Labute approximate surface area is 246 Å². The van der Waals surface area contributed by atoms with Crippen LogP contribution in [-0.4, -0.2) is 56.4 Å². The number of hydrogen-bond acceptors (Lipinski definition) is 10. The molecule has 0 bridgehead atoms. The molecule has 0 saturated carbocycles. The summed E-state index contributed by atoms with van der Waals surface area (Å²) in [5.41, 5.74) is 3.22. The highest BCUT2D eigenvalue weighted by atomic mass is 32.2. The monoisotopic (exact) mass is 587 g/mol. The van der Waals surface area contributed by atoms with Crippen molar-refractivity contribution in [3.63, 3.8) is 0 Å². The van der Waals surface area contributed by atoms with Gasteiger partial charge in [0.2, 0.25) is 12.7 Å². The van der Waals surface area contributed by atoms with Gasteiger partial charge < -0.3 is 29.5 Å². The molecule has 0 spiro atoms. The van der Waals surface area contributed by atoms with Gasteiger partial charge in [-0.25, -0.2) is 9.97 Å². The van der Waals surface area contributed by atoms with Crippen LogP contribution in [-0.2, 0) is 16.1 Å². The van der Waals surface area contributed by atoms with E-state index < -0.39 is 11.9 Å². The smallest absolute Gasteiger partial charge is 0.251 e. The van der Waals surface area contributed by atoms with Crippen LogP contribution in [0.15, 0.2) is 72.1 Å². The number of carbonyl (C=O) groups is 2. The molecule has 1 aliphatic rings. The Hall–Kier alpha value is -4.84. The summed E-state index contributed by atoms with van der Waals surface area (Å²) in [4.78, 5) is 42.6. The molecule has 42 heavy (non-hydrogen) atoms. The number of methoxy groups -OCH3 is 1. The van der Waals surface area contributed by atoms with Crippen LogP contribution in [0.5, 0.6) is 23.0 Å². The predicted octanol–water partition coefficient (Wildman–Crippen LogP) is 4.43. The maximum Gasteiger partial charge on any atom is 0.251 e. The molecule has 2 amide bonds. The molecule has 2 aromatic carbocycles. The van der Waals surface area contributed by atoms with E-state index in [1.54, 1.807) is 48.8 Å². The van der Waals surface area contributed by atoms with E-state index in [1.165, 1.54) is 29.8 Å². The number of ether oxygens (including phenoxy) is 3. The molecular weight excluding hydrogens is 558 g/mol. The van der Waals surface area contributed by atoms with Crippen LogP contribution in [0, 0.1) is 13.8 Å². The molecule has 11 nitrogen and oxygen atoms in total. The van der Waals surface area contributed by atoms with Crippen LogP contribution >= 0.6 is 11.8 Å². The molecule has 0 fully saturated rings. The largest absolute Gasteiger partial charge is 0.504 e. The number of hydrogen-bond donors (Lipinski definition) is 2. The Kier molecular flexibility index (Phi) is 8.72. The lowest BCUT2D eigenvalue weighted by Gasteiger charge is -2.31. The van der Waals surface area contributed by atoms with Crippen molar-refractivity contribution in [2.24, 2.45) is 0 Å². The van der Waals surface area contributed by atoms with Crippen molar-refractivity contribution < 1.29 is 28.9 Å². The molecule has 4 aromatic rings. The van der Waals surface area contributed by atoms with Crippen molar-refractivity contribution in [3.05, 3.63) is 89.5 Å². The zero-order chi connectivity index (χ0) is 29.6. The summed E-state index contributed by atoms with van der Waals surface area (Å²) in [6.07, 6.45) is 3.28. The second-order valence-corrected chi connectivity index (χ2v) is 10.4. The standard InChI is InChI=1S/C30H29N5O6S/c1-18-11-19(2)33-30(32-18)42-16-27(37)35(15-20-5-4-10-31-14-20)28(21-6-8-23(36)25(12-21)39-3)29(38)34-22-7-9-24-26(13-22)41-17-40-24/h4-14,28,36H,15-17H2,1-3H3,(H,34,38)/t28-/m0/s1. The second kappa shape index (κ2) is 12.8. The van der Waals surface area contributed by atoms with Gasteiger partial charge in [0, 0.05) is 42.1 Å². The maximum absolute atomic E-state index is 14.1. The van der Waals surface area contributed by atoms with Gasteiger partial charge in [0.05, 0.1) is 12.9 Å². The zero-order valence-corrected chi connectivity index (χ0v) is 24.1. The fourth-order valence-corrected chi connectivity index (χ4v) is 5.34. The van der Waals surface area contributed by atoms with E-state index in [2.05, 4.69) is 20.3 Å². The minimum absolute atomic E-state index is 0.0216. The average Bonchev–Trinajstić information content (AvgIpc) is 3.44. The molecule has 2 aromatic heterocycles. The third-order valence-electron chi connectivity index (χ3n) is 6.40. The lowest BCUT2D eigenvalue weighted by Crippen LogP contribution is -2.41. The molecule has 1 atom stereocenters. The van der Waals surface area contributed by atoms with Crippen molar-refractivity contribution in [3.8, 4) is 23.0 Å². The first-order valence-corrected chi connectivity index (χ1v) is 14.0. The molecule has 0 unspecified atom stereocenters. The third-order valence-corrected chi connectivity index (χ3v) is 7.23. The number of aromatic nitrogens is 3. The normalized spacial score (nSPS) is 12.5. The van der Waals surface area contributed by atoms with Crippen molar-refractivity contribution in [1.29, 1.82) is 0 Å². The molecule has 5 rings (SSSR count). The maximum atomic E-state index is 14.1. The molecule has 2 N–H and O–H groups in total. The minimum Gasteiger partial charge on any atom is -0.504 e. The van der Waals surface area contributed by atoms with E-state index in [0.717, 1.165) is 17.0 Å². The Morgan fingerprint density at radius 3 is 2.60 bits per heavy atom. The number of rotatable bonds is 10. The third kappa shape index (κ3) is 6.72. The number of pyridine rings is 1. The number of aromatic hydroxyl groups is 1. The number of benzene rings is 2. The molecule has 0 radical (unpaired) electrons. The molecule has 0 aliphatic carbocycles. The summed E-state index contributed by atoms with van der Waals surface area (Å²) < 4.78 is 16.2. The first kappa shape index (κ1) is 28.7. The number of aryl methyl sites for hydroxylation is 2. The lowest BCUT2D eigenvalue weighted by atomic mass is 10.0. The number of anilines is 1. The average molecular weight is 588 g/mol. The highest BCUT2D eigenvalue weighted by Crippen LogP contribution is 2.36. The van der Waals surface area contributed by atoms with Crippen LogP contribution < -0.4 is 19.5 Å². The minimum atomic E-state index is -1.11. The van der Waals surface area contributed by atoms with Crippen LogP contribution in [0.4, 0.5) is 5.69 Å². The van der Waals surface area contributed by atoms with Crippen LogP contribution in [0.3, 0.4) is 0 Å². The van der Waals surface area contributed by atoms with Crippen LogP contribution in [0.2, 0.25) is 0 Å². The summed E-state index contributed by atoms with van der Waals surface area (Å²) in [6.45, 7) is 3.91. The Morgan fingerprint density at radius 2 is 1.86 bits per heavy atom. The number of carbonyl (C=O) groups excluding carboxylic acids is 2. The number of phenols is 1. The van der Waals surface area contributed by atoms with E-state index >= 15 is 0 Å². The first-order chi connectivity index (χ1) is 20.3. The van der Waals surface area contributed by atoms with Crippen molar-refractivity contribution in [1.82, 2.24) is 19.9 Å². The first-order valence-electron chi connectivity index (χ1n) is 13.0. The van der Waals surface area contributed by atoms with Gasteiger partial charge in [-0.05, 0) is 61.4 Å². The van der Waals surface area contributed by atoms with Gasteiger partial charge in [-0.1, -0.05) is 23.9 Å². The second-order valence-electron chi connectivity index (χ2n) is 9.50. The molecule has 3 heterocycles. The Morgan fingerprint density at radius 1 is 1.07 bits per heavy atom. The van der Waals surface area contributed by atoms with Crippen molar-refractivity contribution in [2.75, 3.05) is 25.0 Å². The lowest BCUT2D eigenvalue weighted by molar-refractivity contribution is -0.137. The van der Waals surface area contributed by atoms with Crippen molar-refractivity contribution >= 4 is 29.3 Å². The summed E-state index contributed by atoms with van der Waals surface area (Å²) in [5.74, 6) is 0.322. The van der Waals surface area contributed by atoms with Crippen LogP contribution in [0.25, 0.3) is 0 Å². The van der Waals surface area contributed by atoms with Crippen molar-refractivity contribution in [2.45, 2.75) is 31.6 Å². The van der Waals surface area contributed by atoms with E-state index in [1.807, 2.05) is 26.0 Å². The van der Waals surface area contributed by atoms with Gasteiger partial charge in [-0.15, -0.1) is 0 Å². The number of nitrogens with one attached hydrogen (secondary N) is 1. The summed E-state index contributed by atoms with van der Waals surface area (Å²) in [7, 11) is 1.42. The number of fused-ring (bicyclic) bond motifs is 1. The van der Waals surface area contributed by atoms with E-state index in [0.29, 0.717) is 27.9 Å². The summed E-state index contributed by atoms with van der Waals surface area (Å²) in [6, 6.07) is 14.0. The zero-order valence-electron chi connectivity index (χ0n) is 23.2. The van der Waals surface area contributed by atoms with E-state index in [-0.39, 0.29) is 36.5 Å². The molecular formula is C30H29N5O6S. The van der Waals surface area contributed by atoms with E-state index in [4.69, 9.17) is 14.2 Å². The van der Waals surface area contributed by atoms with Gasteiger partial charge in [0.15, 0.2) is 28.2 Å². The van der Waals surface area contributed by atoms with Gasteiger partial charge in [-0.2, -0.15) is 0 Å². The summed E-state index contributed by atoms with van der Waals surface area (Å²) >= 11 is 1.19. The SMILES string of the molecule is COc1cc([C@@H](C(=O)Nc2ccc3c(c2)OCO3)N(Cc2cccnc2)C(=O)CSc2nc(C)cc(C)n2)ccc1O. The number of amides is 2. The number of nitrogens with zero attached hydrogens (tertiary/aromatic N) is 4. The highest BCUT2D eigenvalue weighted by molar-refractivity contribution is 7.99. The highest BCUT2D eigenvalue weighted by Gasteiger charge is 2.33. The number of thioether (sulfide) groups is 1. The molecule has 216 valence electrons. The fraction of sp³-hybridized carbons (Fsp3) is 0.233. The predicted molar refractivity (Wildman–Crippen MR) is 156 cm³/mol. The molecule has 0 saturated heterocycles. The topological polar surface area (TPSA) is 136 Å². The Balaban J connectivity index is 1.51. The van der Waals surface area contributed by atoms with Gasteiger partial charge >= 0.3 is 0 Å². The molecule has 1 aliphatic heterocycles. The van der Waals surface area contributed by atoms with E-state index in [9.17, 15) is 14.7 Å². The number of phenolic OH excluding ortho intramolecular Hbond substituents is 1.